The molecule has 0 radical (unpaired) electrons. The molecule has 10 heteroatoms. The van der Waals surface area contributed by atoms with E-state index in [2.05, 4.69) is 19.1 Å². The monoisotopic (exact) mass is 753 g/mol. The van der Waals surface area contributed by atoms with Crippen LogP contribution in [0.5, 0.6) is 0 Å². The van der Waals surface area contributed by atoms with E-state index in [4.69, 9.17) is 28.1 Å². The van der Waals surface area contributed by atoms with Crippen molar-refractivity contribution in [2.45, 2.75) is 193 Å². The highest BCUT2D eigenvalue weighted by molar-refractivity contribution is 7.45. The minimum absolute atomic E-state index is 0.0663. The summed E-state index contributed by atoms with van der Waals surface area (Å²) in [6.45, 7) is -1.23. The number of allylic oxidation sites excluding steroid dienone is 2. The fraction of sp³-hybridized carbons (Fsp3) is 0.902. The predicted octanol–water partition coefficient (Wildman–Crippen LogP) is 10.8. The molecule has 0 fully saturated rings. The molecule has 0 aromatic carbocycles. The Labute approximate surface area is 324 Å². The van der Waals surface area contributed by atoms with Crippen molar-refractivity contribution in [3.05, 3.63) is 12.2 Å². The molecule has 9 nitrogen and oxygen atoms in total. The molecule has 0 aliphatic rings. The molecular formula is C41H80NO8P. The van der Waals surface area contributed by atoms with Crippen molar-refractivity contribution in [2.24, 2.45) is 0 Å². The topological polar surface area (TPSA) is 111 Å². The largest absolute Gasteiger partial charge is 0.756 e. The molecule has 2 atom stereocenters. The first-order valence-corrected chi connectivity index (χ1v) is 21.5. The van der Waals surface area contributed by atoms with Gasteiger partial charge >= 0.3 is 11.9 Å². The molecular weight excluding hydrogens is 665 g/mol. The average Bonchev–Trinajstić information content (AvgIpc) is 3.12. The van der Waals surface area contributed by atoms with E-state index in [1.807, 2.05) is 21.1 Å². The Balaban J connectivity index is 4.45. The number of rotatable bonds is 38. The number of ether oxygens (including phenoxy) is 2. The number of nitrogens with zero attached hydrogens (tertiary/aromatic N) is 1. The van der Waals surface area contributed by atoms with Gasteiger partial charge in [-0.25, -0.2) is 0 Å². The van der Waals surface area contributed by atoms with Gasteiger partial charge in [-0.05, 0) is 38.5 Å². The molecule has 51 heavy (non-hydrogen) atoms. The van der Waals surface area contributed by atoms with Gasteiger partial charge in [0, 0.05) is 22.4 Å². The first-order valence-electron chi connectivity index (χ1n) is 23.5. The third-order valence-corrected chi connectivity index (χ3v) is 9.54. The summed E-state index contributed by atoms with van der Waals surface area (Å²) in [4.78, 5) is 37.5. The molecule has 0 saturated carbocycles. The first-order chi connectivity index (χ1) is 27.1. The summed E-state index contributed by atoms with van der Waals surface area (Å²) in [6, 6.07) is 0. The van der Waals surface area contributed by atoms with Crippen LogP contribution in [0.2, 0.25) is 0 Å². The molecule has 0 aromatic rings. The van der Waals surface area contributed by atoms with Gasteiger partial charge in [0.2, 0.25) is 0 Å². The fourth-order valence-corrected chi connectivity index (χ4v) is 6.11. The van der Waals surface area contributed by atoms with Crippen LogP contribution < -0.4 is 4.89 Å². The number of carbonyl (C=O) groups is 2. The van der Waals surface area contributed by atoms with E-state index in [9.17, 15) is 19.0 Å². The van der Waals surface area contributed by atoms with Crippen LogP contribution in [0.25, 0.3) is 0 Å². The second kappa shape index (κ2) is 34.5. The maximum absolute atomic E-state index is 12.7. The first kappa shape index (κ1) is 38.0. The number of hydrogen-bond acceptors (Lipinski definition) is 8. The molecule has 0 amide bonds. The van der Waals surface area contributed by atoms with Crippen LogP contribution in [-0.2, 0) is 32.7 Å². The Morgan fingerprint density at radius 3 is 1.73 bits per heavy atom. The van der Waals surface area contributed by atoms with Gasteiger partial charge in [0.05, 0.1) is 27.7 Å². The van der Waals surface area contributed by atoms with E-state index in [1.54, 1.807) is 0 Å². The molecule has 0 aliphatic carbocycles. The van der Waals surface area contributed by atoms with E-state index >= 15 is 0 Å². The molecule has 0 aromatic heterocycles. The summed E-state index contributed by atoms with van der Waals surface area (Å²) in [5.41, 5.74) is 0. The number of phosphoric acid groups is 1. The van der Waals surface area contributed by atoms with Crippen molar-refractivity contribution < 1.29 is 51.6 Å². The fourth-order valence-electron chi connectivity index (χ4n) is 5.38. The standard InChI is InChI=1S/C41H80NO8P/c1-6-8-10-12-14-16-18-20-21-22-24-26-28-30-32-34-41(44)50-39(38-49-51(45,46)48-36-35-42(3,4)5)37-47-40(43)33-31-29-27-25-23-19-17-15-13-11-9-7-2/h20-21,39H,6-19,22-38H2,1-5H3/b21-20-/t39-/m1/s1/i1D3,6D2,8D2. The zero-order valence-corrected chi connectivity index (χ0v) is 33.8. The number of likely N-dealkylation sites (N-methyl/N-ethyl adjacent to an activating group) is 1. The van der Waals surface area contributed by atoms with E-state index in [0.717, 1.165) is 64.2 Å². The smallest absolute Gasteiger partial charge is 0.306 e. The molecule has 0 N–H and O–H groups in total. The van der Waals surface area contributed by atoms with Crippen molar-refractivity contribution in [3.8, 4) is 0 Å². The highest BCUT2D eigenvalue weighted by Gasteiger charge is 2.21. The Morgan fingerprint density at radius 2 is 1.20 bits per heavy atom. The van der Waals surface area contributed by atoms with Crippen LogP contribution in [0.4, 0.5) is 0 Å². The number of carbonyl (C=O) groups excluding carboxylic acids is 2. The Kier molecular flexibility index (Phi) is 25.7. The van der Waals surface area contributed by atoms with Gasteiger partial charge in [0.1, 0.15) is 19.8 Å². The zero-order valence-electron chi connectivity index (χ0n) is 39.9. The molecule has 0 bridgehead atoms. The zero-order chi connectivity index (χ0) is 44.0. The molecule has 0 saturated heterocycles. The molecule has 302 valence electrons. The van der Waals surface area contributed by atoms with Crippen LogP contribution in [-0.4, -0.2) is 70.0 Å². The number of phosphoric ester groups is 1. The normalized spacial score (nSPS) is 16.6. The van der Waals surface area contributed by atoms with Gasteiger partial charge in [-0.2, -0.15) is 0 Å². The predicted molar refractivity (Wildman–Crippen MR) is 208 cm³/mol. The van der Waals surface area contributed by atoms with Crippen molar-refractivity contribution in [1.82, 2.24) is 0 Å². The average molecular weight is 753 g/mol. The summed E-state index contributed by atoms with van der Waals surface area (Å²) >= 11 is 0. The molecule has 0 spiro atoms. The summed E-state index contributed by atoms with van der Waals surface area (Å²) < 4.78 is 86.7. The number of hydrogen-bond donors (Lipinski definition) is 0. The summed E-state index contributed by atoms with van der Waals surface area (Å²) in [6.07, 6.45) is 20.2. The van der Waals surface area contributed by atoms with Gasteiger partial charge in [0.15, 0.2) is 6.10 Å². The van der Waals surface area contributed by atoms with Gasteiger partial charge < -0.3 is 27.9 Å². The summed E-state index contributed by atoms with van der Waals surface area (Å²) in [5, 5.41) is 0. The van der Waals surface area contributed by atoms with E-state index in [0.29, 0.717) is 36.7 Å². The third kappa shape index (κ3) is 38.3. The van der Waals surface area contributed by atoms with E-state index < -0.39 is 52.1 Å². The lowest BCUT2D eigenvalue weighted by atomic mass is 10.0. The quantitative estimate of drug-likeness (QED) is 0.0201. The second-order valence-corrected chi connectivity index (χ2v) is 16.1. The SMILES string of the molecule is [2H]C([2H])([2H])C([2H])([2H])C([2H])([2H])CCCCC/C=C\CCCCCCCC(=O)O[C@H](COC(=O)CCCCCCCCCCCCCC)COP(=O)([O-])OCC[N+](C)(C)C. The molecule has 0 aliphatic heterocycles. The number of unbranched alkanes of at least 4 members (excludes halogenated alkanes) is 19. The second-order valence-electron chi connectivity index (χ2n) is 14.7. The van der Waals surface area contributed by atoms with Crippen molar-refractivity contribution in [3.63, 3.8) is 0 Å². The van der Waals surface area contributed by atoms with Gasteiger partial charge in [-0.1, -0.05) is 148 Å². The van der Waals surface area contributed by atoms with Gasteiger partial charge in [-0.3, -0.25) is 14.2 Å². The van der Waals surface area contributed by atoms with Crippen molar-refractivity contribution in [2.75, 3.05) is 47.5 Å². The lowest BCUT2D eigenvalue weighted by Crippen LogP contribution is -2.37. The Morgan fingerprint density at radius 1 is 0.706 bits per heavy atom. The lowest BCUT2D eigenvalue weighted by molar-refractivity contribution is -0.870. The summed E-state index contributed by atoms with van der Waals surface area (Å²) in [7, 11) is 1.04. The van der Waals surface area contributed by atoms with Crippen LogP contribution in [0.15, 0.2) is 12.2 Å². The number of quaternary nitrogens is 1. The van der Waals surface area contributed by atoms with E-state index in [-0.39, 0.29) is 32.5 Å². The minimum atomic E-state index is -4.67. The lowest BCUT2D eigenvalue weighted by Gasteiger charge is -2.28. The van der Waals surface area contributed by atoms with Crippen LogP contribution in [0, 0.1) is 0 Å². The maximum atomic E-state index is 12.7. The minimum Gasteiger partial charge on any atom is -0.756 e. The highest BCUT2D eigenvalue weighted by Crippen LogP contribution is 2.38. The van der Waals surface area contributed by atoms with Crippen LogP contribution in [0.3, 0.4) is 0 Å². The summed E-state index contributed by atoms with van der Waals surface area (Å²) in [5.74, 6) is -0.947. The van der Waals surface area contributed by atoms with Crippen molar-refractivity contribution >= 4 is 19.8 Å². The van der Waals surface area contributed by atoms with Crippen LogP contribution >= 0.6 is 7.82 Å². The third-order valence-electron chi connectivity index (χ3n) is 8.57. The molecule has 0 heterocycles. The van der Waals surface area contributed by atoms with Crippen molar-refractivity contribution in [1.29, 1.82) is 0 Å². The molecule has 1 unspecified atom stereocenters. The van der Waals surface area contributed by atoms with Gasteiger partial charge in [-0.15, -0.1) is 0 Å². The molecule has 0 rings (SSSR count). The van der Waals surface area contributed by atoms with Gasteiger partial charge in [0.25, 0.3) is 7.82 Å². The Hall–Kier alpha value is -1.25. The Bertz CT molecular complexity index is 1150. The highest BCUT2D eigenvalue weighted by atomic mass is 31.2. The van der Waals surface area contributed by atoms with E-state index in [1.165, 1.54) is 51.4 Å². The number of esters is 2. The van der Waals surface area contributed by atoms with Crippen LogP contribution in [0.1, 0.15) is 197 Å². The maximum Gasteiger partial charge on any atom is 0.306 e.